The van der Waals surface area contributed by atoms with Gasteiger partial charge in [0.05, 0.1) is 25.3 Å². The highest BCUT2D eigenvalue weighted by atomic mass is 28.2. The van der Waals surface area contributed by atoms with E-state index in [-0.39, 0.29) is 10.4 Å². The second-order valence-electron chi connectivity index (χ2n) is 5.01. The summed E-state index contributed by atoms with van der Waals surface area (Å²) in [7, 11) is 10.8. The second-order valence-corrected chi connectivity index (χ2v) is 8.11. The first-order valence-electron chi connectivity index (χ1n) is 6.47. The van der Waals surface area contributed by atoms with E-state index in [1.807, 2.05) is 0 Å². The minimum atomic E-state index is -0.744. The van der Waals surface area contributed by atoms with Gasteiger partial charge in [0.15, 0.2) is 0 Å². The van der Waals surface area contributed by atoms with Crippen molar-refractivity contribution >= 4 is 33.7 Å². The topological polar surface area (TPSA) is 18.5 Å². The van der Waals surface area contributed by atoms with Gasteiger partial charge in [0.1, 0.15) is 0 Å². The monoisotopic (exact) mass is 250 g/mol. The van der Waals surface area contributed by atoms with Crippen molar-refractivity contribution in [3.8, 4) is 0 Å². The fraction of sp³-hybridized carbons (Fsp3) is 1.00. The first-order valence-corrected chi connectivity index (χ1v) is 9.51. The Morgan fingerprint density at radius 1 is 0.750 bits per heavy atom. The number of hydrogen-bond acceptors (Lipinski definition) is 2. The Kier molecular flexibility index (Phi) is 4.38. The molecule has 2 aliphatic rings. The van der Waals surface area contributed by atoms with Crippen LogP contribution in [0.3, 0.4) is 0 Å². The Bertz CT molecular complexity index is 205. The number of ether oxygens (including phenoxy) is 2. The summed E-state index contributed by atoms with van der Waals surface area (Å²) in [5.74, 6) is 0. The maximum atomic E-state index is 6.13. The molecule has 0 bridgehead atoms. The van der Waals surface area contributed by atoms with Crippen molar-refractivity contribution in [2.24, 2.45) is 0 Å². The van der Waals surface area contributed by atoms with Gasteiger partial charge in [-0.05, 0) is 38.5 Å². The highest BCUT2D eigenvalue weighted by Gasteiger charge is 2.51. The molecule has 0 aromatic rings. The molecule has 2 nitrogen and oxygen atoms in total. The third kappa shape index (κ3) is 2.09. The normalized spacial score (nSPS) is 42.2. The van der Waals surface area contributed by atoms with Crippen LogP contribution >= 0.6 is 0 Å². The van der Waals surface area contributed by atoms with Crippen molar-refractivity contribution in [3.63, 3.8) is 0 Å². The molecule has 0 aromatic carbocycles. The third-order valence-electron chi connectivity index (χ3n) is 4.20. The average molecular weight is 250 g/mol. The van der Waals surface area contributed by atoms with Gasteiger partial charge in [-0.3, -0.25) is 0 Å². The Morgan fingerprint density at radius 2 is 1.19 bits per heavy atom. The van der Waals surface area contributed by atoms with Gasteiger partial charge < -0.3 is 9.47 Å². The molecule has 0 N–H and O–H groups in total. The SMILES string of the molecule is [B][SiH2]C1(C2([SiH2][B])CCCCO2)CCCCO1. The molecule has 0 aliphatic carbocycles. The molecule has 2 heterocycles. The molecule has 2 saturated heterocycles. The average Bonchev–Trinajstić information content (AvgIpc) is 2.40. The molecule has 2 rings (SSSR count). The van der Waals surface area contributed by atoms with Gasteiger partial charge in [-0.1, -0.05) is 0 Å². The second kappa shape index (κ2) is 5.42. The van der Waals surface area contributed by atoms with E-state index in [9.17, 15) is 0 Å². The summed E-state index contributed by atoms with van der Waals surface area (Å²) < 4.78 is 12.2. The van der Waals surface area contributed by atoms with Crippen LogP contribution in [0.2, 0.25) is 0 Å². The van der Waals surface area contributed by atoms with E-state index in [0.717, 1.165) is 26.1 Å². The number of hydrogen-bond donors (Lipinski definition) is 0. The van der Waals surface area contributed by atoms with Crippen molar-refractivity contribution in [2.45, 2.75) is 49.0 Å². The zero-order valence-corrected chi connectivity index (χ0v) is 12.9. The van der Waals surface area contributed by atoms with E-state index >= 15 is 0 Å². The summed E-state index contributed by atoms with van der Waals surface area (Å²) in [5.41, 5.74) is 0. The predicted octanol–water partition coefficient (Wildman–Crippen LogP) is -0.715. The lowest BCUT2D eigenvalue weighted by molar-refractivity contribution is -0.158. The van der Waals surface area contributed by atoms with E-state index < -0.39 is 18.8 Å². The molecule has 2 fully saturated rings. The molecule has 2 aliphatic heterocycles. The summed E-state index contributed by atoms with van der Waals surface area (Å²) in [6.07, 6.45) is 6.95. The molecule has 2 unspecified atom stereocenters. The van der Waals surface area contributed by atoms with Crippen LogP contribution in [-0.4, -0.2) is 57.3 Å². The molecule has 16 heavy (non-hydrogen) atoms. The molecule has 2 atom stereocenters. The summed E-state index contributed by atoms with van der Waals surface area (Å²) in [6, 6.07) is 0. The molecular formula is C10H20B2O2Si2. The Hall–Kier alpha value is 0.484. The van der Waals surface area contributed by atoms with Gasteiger partial charge in [-0.25, -0.2) is 0 Å². The van der Waals surface area contributed by atoms with Crippen molar-refractivity contribution in [2.75, 3.05) is 13.2 Å². The van der Waals surface area contributed by atoms with Crippen LogP contribution in [0.5, 0.6) is 0 Å². The predicted molar refractivity (Wildman–Crippen MR) is 73.7 cm³/mol. The van der Waals surface area contributed by atoms with Crippen LogP contribution in [0.25, 0.3) is 0 Å². The van der Waals surface area contributed by atoms with Gasteiger partial charge in [-0.2, -0.15) is 0 Å². The minimum Gasteiger partial charge on any atom is -0.377 e. The molecule has 0 aromatic heterocycles. The minimum absolute atomic E-state index is 0.132. The summed E-state index contributed by atoms with van der Waals surface area (Å²) in [6.45, 7) is 1.70. The maximum Gasteiger partial charge on any atom is 0.0680 e. The van der Waals surface area contributed by atoms with Gasteiger partial charge in [0, 0.05) is 32.0 Å². The third-order valence-corrected chi connectivity index (χ3v) is 8.42. The molecule has 86 valence electrons. The van der Waals surface area contributed by atoms with Crippen molar-refractivity contribution in [1.29, 1.82) is 0 Å². The lowest BCUT2D eigenvalue weighted by Gasteiger charge is -2.54. The van der Waals surface area contributed by atoms with Crippen molar-refractivity contribution in [3.05, 3.63) is 0 Å². The highest BCUT2D eigenvalue weighted by molar-refractivity contribution is 6.95. The van der Waals surface area contributed by atoms with Crippen molar-refractivity contribution < 1.29 is 9.47 Å². The van der Waals surface area contributed by atoms with Crippen LogP contribution < -0.4 is 0 Å². The zero-order chi connectivity index (χ0) is 11.5. The Labute approximate surface area is 106 Å². The summed E-state index contributed by atoms with van der Waals surface area (Å²) in [5, 5.41) is -0.265. The van der Waals surface area contributed by atoms with E-state index in [2.05, 4.69) is 0 Å². The number of rotatable bonds is 3. The first kappa shape index (κ1) is 12.9. The van der Waals surface area contributed by atoms with Gasteiger partial charge in [0.25, 0.3) is 0 Å². The zero-order valence-electron chi connectivity index (χ0n) is 10.0. The lowest BCUT2D eigenvalue weighted by Crippen LogP contribution is -2.66. The van der Waals surface area contributed by atoms with Gasteiger partial charge in [0.2, 0.25) is 0 Å². The molecule has 6 heteroatoms. The highest BCUT2D eigenvalue weighted by Crippen LogP contribution is 2.40. The van der Waals surface area contributed by atoms with Gasteiger partial charge in [-0.15, -0.1) is 0 Å². The molecule has 0 spiro atoms. The van der Waals surface area contributed by atoms with E-state index in [4.69, 9.17) is 24.4 Å². The molecule has 0 saturated carbocycles. The fourth-order valence-corrected chi connectivity index (χ4v) is 6.72. The fourth-order valence-electron chi connectivity index (χ4n) is 3.12. The Balaban J connectivity index is 2.21. The molecular weight excluding hydrogens is 230 g/mol. The van der Waals surface area contributed by atoms with Crippen LogP contribution in [0.15, 0.2) is 0 Å². The van der Waals surface area contributed by atoms with Crippen LogP contribution in [0.1, 0.15) is 38.5 Å². The molecule has 4 radical (unpaired) electrons. The van der Waals surface area contributed by atoms with Crippen molar-refractivity contribution in [1.82, 2.24) is 0 Å². The van der Waals surface area contributed by atoms with Crippen LogP contribution in [0, 0.1) is 0 Å². The van der Waals surface area contributed by atoms with E-state index in [1.54, 1.807) is 0 Å². The smallest absolute Gasteiger partial charge is 0.0680 e. The summed E-state index contributed by atoms with van der Waals surface area (Å²) >= 11 is 0. The van der Waals surface area contributed by atoms with Crippen LogP contribution in [-0.2, 0) is 9.47 Å². The van der Waals surface area contributed by atoms with E-state index in [0.29, 0.717) is 0 Å². The quantitative estimate of drug-likeness (QED) is 0.616. The Morgan fingerprint density at radius 3 is 1.44 bits per heavy atom. The van der Waals surface area contributed by atoms with Crippen LogP contribution in [0.4, 0.5) is 0 Å². The standard InChI is InChI=1S/C10H20B2O2Si2/c11-15-9(5-1-3-7-13-9)10(16-12)6-2-4-8-14-10/h1-8,15-16H2. The molecule has 0 amide bonds. The van der Waals surface area contributed by atoms with E-state index in [1.165, 1.54) is 25.7 Å². The maximum absolute atomic E-state index is 6.13. The lowest BCUT2D eigenvalue weighted by atomic mass is 9.96. The summed E-state index contributed by atoms with van der Waals surface area (Å²) in [4.78, 5) is 0. The van der Waals surface area contributed by atoms with Gasteiger partial charge >= 0.3 is 0 Å². The largest absolute Gasteiger partial charge is 0.377 e. The first-order chi connectivity index (χ1) is 7.79.